The molecule has 0 heterocycles. The molecule has 21 aromatic rings. The van der Waals surface area contributed by atoms with Gasteiger partial charge in [-0.1, -0.05) is 373 Å². The highest BCUT2D eigenvalue weighted by Gasteiger charge is 2.38. The first kappa shape index (κ1) is 66.9. The van der Waals surface area contributed by atoms with Crippen molar-refractivity contribution in [2.24, 2.45) is 0 Å². The molecule has 0 nitrogen and oxygen atoms in total. The van der Waals surface area contributed by atoms with Gasteiger partial charge in [0.1, 0.15) is 0 Å². The number of benzene rings is 21. The first-order chi connectivity index (χ1) is 56.0. The van der Waals surface area contributed by atoms with E-state index in [2.05, 4.69) is 428 Å². The summed E-state index contributed by atoms with van der Waals surface area (Å²) in [6.45, 7) is 9.46. The summed E-state index contributed by atoms with van der Waals surface area (Å²) >= 11 is 0. The molecule has 0 N–H and O–H groups in total. The average molecular weight is 1450 g/mol. The van der Waals surface area contributed by atoms with E-state index >= 15 is 0 Å². The Morgan fingerprint density at radius 2 is 0.430 bits per heavy atom. The van der Waals surface area contributed by atoms with Crippen molar-refractivity contribution in [3.63, 3.8) is 0 Å². The second-order valence-corrected chi connectivity index (χ2v) is 32.5. The van der Waals surface area contributed by atoms with Crippen LogP contribution in [0.2, 0.25) is 0 Å². The lowest BCUT2D eigenvalue weighted by molar-refractivity contribution is 0.661. The third-order valence-electron chi connectivity index (χ3n) is 25.5. The van der Waals surface area contributed by atoms with Crippen LogP contribution in [0.15, 0.2) is 400 Å². The fourth-order valence-corrected chi connectivity index (χ4v) is 19.8. The maximum atomic E-state index is 2.42. The zero-order valence-electron chi connectivity index (χ0n) is 64.1. The van der Waals surface area contributed by atoms with Gasteiger partial charge in [0.05, 0.1) is 0 Å². The van der Waals surface area contributed by atoms with Crippen molar-refractivity contribution in [3.8, 4) is 111 Å². The standard InChI is InChI=1S/C59H40.C55H38/c1-59(2)55-32-31-41(34-53(55)54-33-39-15-3-4-16-40(39)36-56(54)59)37-27-29-38(30-28-37)57-48-23-11-13-25-50(48)58(51-26-14-12-24-49(51)57)47-22-10-9-21-46(47)52-35-42-17-5-6-18-43(42)44-19-7-8-20-45(44)52;1-55(2)51-29-28-43(33-49(51)50-32-40-14-5-6-15-41(40)34-52(50)55)36-22-25-37(26-23-36)53-45-18-7-9-20-47(45)54(48-21-10-8-19-46(48)53)44-17-11-16-39(31-44)42-27-24-35-12-3-4-13-38(35)30-42/h3-36H,1-2H3;3-34H,1-2H3. The molecule has 2 aliphatic carbocycles. The first-order valence-electron chi connectivity index (χ1n) is 40.1. The molecule has 0 saturated carbocycles. The number of rotatable bonds is 8. The van der Waals surface area contributed by atoms with Gasteiger partial charge >= 0.3 is 0 Å². The Hall–Kier alpha value is -14.0. The fourth-order valence-electron chi connectivity index (χ4n) is 19.8. The average Bonchev–Trinajstić information content (AvgIpc) is 1.59. The molecule has 0 saturated heterocycles. The molecule has 0 unspecified atom stereocenters. The molecule has 0 amide bonds. The van der Waals surface area contributed by atoms with Crippen molar-refractivity contribution >= 4 is 97.0 Å². The molecular formula is C114H78. The molecule has 0 aromatic heterocycles. The van der Waals surface area contributed by atoms with Gasteiger partial charge in [-0.15, -0.1) is 0 Å². The minimum absolute atomic E-state index is 0.0386. The van der Waals surface area contributed by atoms with Gasteiger partial charge in [0.2, 0.25) is 0 Å². The first-order valence-corrected chi connectivity index (χ1v) is 40.1. The van der Waals surface area contributed by atoms with Crippen molar-refractivity contribution in [1.29, 1.82) is 0 Å². The molecule has 0 spiro atoms. The van der Waals surface area contributed by atoms with E-state index in [4.69, 9.17) is 0 Å². The third-order valence-corrected chi connectivity index (χ3v) is 25.5. The fraction of sp³-hybridized carbons (Fsp3) is 0.0526. The number of fused-ring (bicyclic) bond motifs is 16. The third kappa shape index (κ3) is 10.7. The molecule has 0 heteroatoms. The van der Waals surface area contributed by atoms with Crippen LogP contribution in [0.1, 0.15) is 49.9 Å². The van der Waals surface area contributed by atoms with E-state index in [1.165, 1.54) is 230 Å². The Labute approximate surface area is 664 Å². The van der Waals surface area contributed by atoms with E-state index in [1.54, 1.807) is 0 Å². The summed E-state index contributed by atoms with van der Waals surface area (Å²) in [7, 11) is 0. The van der Waals surface area contributed by atoms with Gasteiger partial charge in [-0.05, 0) is 285 Å². The van der Waals surface area contributed by atoms with Crippen molar-refractivity contribution in [2.45, 2.75) is 38.5 Å². The van der Waals surface area contributed by atoms with Gasteiger partial charge in [-0.3, -0.25) is 0 Å². The summed E-state index contributed by atoms with van der Waals surface area (Å²) in [5.74, 6) is 0. The van der Waals surface area contributed by atoms with E-state index in [-0.39, 0.29) is 10.8 Å². The highest BCUT2D eigenvalue weighted by Crippen LogP contribution is 2.55. The Bertz CT molecular complexity index is 7460. The smallest absolute Gasteiger partial charge is 0.0159 e. The normalized spacial score (nSPS) is 13.1. The van der Waals surface area contributed by atoms with Crippen molar-refractivity contribution in [2.75, 3.05) is 0 Å². The molecule has 21 aromatic carbocycles. The zero-order chi connectivity index (χ0) is 75.9. The topological polar surface area (TPSA) is 0 Å². The molecule has 23 rings (SSSR count). The Balaban J connectivity index is 0.000000139. The Kier molecular flexibility index (Phi) is 15.4. The zero-order valence-corrected chi connectivity index (χ0v) is 64.1. The van der Waals surface area contributed by atoms with Crippen LogP contribution in [0, 0.1) is 0 Å². The molecular weight excluding hydrogens is 1370 g/mol. The lowest BCUT2D eigenvalue weighted by Crippen LogP contribution is -2.14. The van der Waals surface area contributed by atoms with E-state index in [0.29, 0.717) is 0 Å². The van der Waals surface area contributed by atoms with Gasteiger partial charge in [0, 0.05) is 10.8 Å². The maximum absolute atomic E-state index is 2.42. The van der Waals surface area contributed by atoms with Gasteiger partial charge in [0.25, 0.3) is 0 Å². The molecule has 534 valence electrons. The van der Waals surface area contributed by atoms with Crippen LogP contribution in [0.5, 0.6) is 0 Å². The summed E-state index contributed by atoms with van der Waals surface area (Å²) in [5.41, 5.74) is 30.9. The second kappa shape index (κ2) is 26.3. The summed E-state index contributed by atoms with van der Waals surface area (Å²) < 4.78 is 0. The van der Waals surface area contributed by atoms with Crippen LogP contribution in [0.25, 0.3) is 208 Å². The minimum atomic E-state index is -0.0465. The molecule has 2 aliphatic rings. The molecule has 0 aliphatic heterocycles. The summed E-state index contributed by atoms with van der Waals surface area (Å²) in [6, 6.07) is 149. The van der Waals surface area contributed by atoms with Crippen LogP contribution in [-0.4, -0.2) is 0 Å². The number of hydrogen-bond acceptors (Lipinski definition) is 0. The second-order valence-electron chi connectivity index (χ2n) is 32.5. The molecule has 0 fully saturated rings. The van der Waals surface area contributed by atoms with Crippen molar-refractivity contribution < 1.29 is 0 Å². The Morgan fingerprint density at radius 1 is 0.132 bits per heavy atom. The van der Waals surface area contributed by atoms with E-state index < -0.39 is 0 Å². The van der Waals surface area contributed by atoms with Gasteiger partial charge in [0.15, 0.2) is 0 Å². The Morgan fingerprint density at radius 3 is 0.904 bits per heavy atom. The molecule has 0 radical (unpaired) electrons. The van der Waals surface area contributed by atoms with Crippen LogP contribution in [0.4, 0.5) is 0 Å². The molecule has 0 bridgehead atoms. The maximum Gasteiger partial charge on any atom is 0.0159 e. The highest BCUT2D eigenvalue weighted by molar-refractivity contribution is 6.25. The van der Waals surface area contributed by atoms with Gasteiger partial charge in [-0.2, -0.15) is 0 Å². The largest absolute Gasteiger partial charge is 0.0616 e. The minimum Gasteiger partial charge on any atom is -0.0616 e. The van der Waals surface area contributed by atoms with Crippen molar-refractivity contribution in [1.82, 2.24) is 0 Å². The number of hydrogen-bond donors (Lipinski definition) is 0. The van der Waals surface area contributed by atoms with Gasteiger partial charge < -0.3 is 0 Å². The summed E-state index contributed by atoms with van der Waals surface area (Å²) in [6.07, 6.45) is 0. The SMILES string of the molecule is CC1(C)c2ccc(-c3ccc(-c4c5ccccc5c(-c5cccc(-c6ccc7ccccc7c6)c5)c5ccccc45)cc3)cc2-c2cc3ccccc3cc21.CC1(C)c2ccc(-c3ccc(-c4c5ccccc5c(-c5ccccc5-c5cc6ccccc6c6ccccc56)c5ccccc45)cc3)cc2-c2cc3ccccc3cc21. The molecule has 114 heavy (non-hydrogen) atoms. The lowest BCUT2D eigenvalue weighted by atomic mass is 9.81. The van der Waals surface area contributed by atoms with Crippen molar-refractivity contribution in [3.05, 3.63) is 423 Å². The predicted molar refractivity (Wildman–Crippen MR) is 489 cm³/mol. The lowest BCUT2D eigenvalue weighted by Gasteiger charge is -2.22. The van der Waals surface area contributed by atoms with Crippen LogP contribution < -0.4 is 0 Å². The van der Waals surface area contributed by atoms with Crippen LogP contribution >= 0.6 is 0 Å². The highest BCUT2D eigenvalue weighted by atomic mass is 14.4. The molecule has 0 atom stereocenters. The quantitative estimate of drug-likeness (QED) is 0.105. The van der Waals surface area contributed by atoms with Gasteiger partial charge in [-0.25, -0.2) is 0 Å². The van der Waals surface area contributed by atoms with E-state index in [1.807, 2.05) is 0 Å². The predicted octanol–water partition coefficient (Wildman–Crippen LogP) is 31.7. The van der Waals surface area contributed by atoms with Crippen LogP contribution in [0.3, 0.4) is 0 Å². The monoisotopic (exact) mass is 1450 g/mol. The summed E-state index contributed by atoms with van der Waals surface area (Å²) in [5, 5.41) is 22.9. The van der Waals surface area contributed by atoms with E-state index in [9.17, 15) is 0 Å². The van der Waals surface area contributed by atoms with Crippen LogP contribution in [-0.2, 0) is 10.8 Å². The summed E-state index contributed by atoms with van der Waals surface area (Å²) in [4.78, 5) is 0. The van der Waals surface area contributed by atoms with E-state index in [0.717, 1.165) is 0 Å².